The second kappa shape index (κ2) is 10.5. The molecule has 0 saturated heterocycles. The van der Waals surface area contributed by atoms with Crippen LogP contribution in [0.5, 0.6) is 0 Å². The van der Waals surface area contributed by atoms with Gasteiger partial charge >= 0.3 is 12.1 Å². The number of benzene rings is 2. The Morgan fingerprint density at radius 3 is 2.32 bits per heavy atom. The summed E-state index contributed by atoms with van der Waals surface area (Å²) in [6, 6.07) is 15.1. The number of carbonyl (C=O) groups excluding carboxylic acids is 2. The van der Waals surface area contributed by atoms with Crippen LogP contribution in [0, 0.1) is 5.92 Å². The van der Waals surface area contributed by atoms with Crippen LogP contribution in [0.4, 0.5) is 4.79 Å². The lowest BCUT2D eigenvalue weighted by atomic mass is 9.91. The van der Waals surface area contributed by atoms with E-state index in [4.69, 9.17) is 4.74 Å². The van der Waals surface area contributed by atoms with Crippen LogP contribution < -0.4 is 10.6 Å². The van der Waals surface area contributed by atoms with E-state index in [1.54, 1.807) is 6.08 Å². The first-order chi connectivity index (χ1) is 16.5. The first-order valence-electron chi connectivity index (χ1n) is 11.8. The predicted molar refractivity (Wildman–Crippen MR) is 128 cm³/mol. The number of allylic oxidation sites excluding steroid dienone is 1. The van der Waals surface area contributed by atoms with Gasteiger partial charge in [-0.1, -0.05) is 74.0 Å². The van der Waals surface area contributed by atoms with E-state index in [9.17, 15) is 19.5 Å². The van der Waals surface area contributed by atoms with Gasteiger partial charge in [-0.2, -0.15) is 0 Å². The maximum Gasteiger partial charge on any atom is 0.407 e. The molecule has 2 amide bonds. The van der Waals surface area contributed by atoms with Gasteiger partial charge in [0.25, 0.3) is 0 Å². The van der Waals surface area contributed by atoms with E-state index in [0.717, 1.165) is 22.3 Å². The van der Waals surface area contributed by atoms with Crippen LogP contribution in [-0.4, -0.2) is 41.8 Å². The first-order valence-corrected chi connectivity index (χ1v) is 11.8. The van der Waals surface area contributed by atoms with Gasteiger partial charge < -0.3 is 20.5 Å². The summed E-state index contributed by atoms with van der Waals surface area (Å²) in [6.45, 7) is 2.10. The Balaban J connectivity index is 1.36. The van der Waals surface area contributed by atoms with Gasteiger partial charge in [-0.15, -0.1) is 0 Å². The summed E-state index contributed by atoms with van der Waals surface area (Å²) in [5.74, 6) is -1.78. The zero-order valence-electron chi connectivity index (χ0n) is 19.2. The summed E-state index contributed by atoms with van der Waals surface area (Å²) in [5.41, 5.74) is 4.54. The third-order valence-electron chi connectivity index (χ3n) is 6.53. The number of ether oxygens (including phenoxy) is 1. The normalized spacial score (nSPS) is 19.6. The summed E-state index contributed by atoms with van der Waals surface area (Å²) >= 11 is 0. The fourth-order valence-corrected chi connectivity index (χ4v) is 4.82. The maximum absolute atomic E-state index is 12.8. The smallest absolute Gasteiger partial charge is 0.407 e. The van der Waals surface area contributed by atoms with Gasteiger partial charge in [-0.05, 0) is 41.5 Å². The molecule has 0 saturated carbocycles. The summed E-state index contributed by atoms with van der Waals surface area (Å²) < 4.78 is 5.58. The van der Waals surface area contributed by atoms with Crippen LogP contribution in [0.1, 0.15) is 49.7 Å². The molecule has 0 aliphatic heterocycles. The second-order valence-electron chi connectivity index (χ2n) is 8.86. The molecule has 7 nitrogen and oxygen atoms in total. The number of carboxylic acid groups (broad SMARTS) is 1. The summed E-state index contributed by atoms with van der Waals surface area (Å²) in [6.07, 6.45) is 4.89. The number of hydrogen-bond donors (Lipinski definition) is 3. The van der Waals surface area contributed by atoms with Crippen molar-refractivity contribution >= 4 is 18.0 Å². The zero-order valence-corrected chi connectivity index (χ0v) is 19.2. The molecule has 0 spiro atoms. The van der Waals surface area contributed by atoms with Crippen LogP contribution in [0.3, 0.4) is 0 Å². The third-order valence-corrected chi connectivity index (χ3v) is 6.53. The molecule has 3 atom stereocenters. The van der Waals surface area contributed by atoms with Gasteiger partial charge in [0.2, 0.25) is 5.91 Å². The predicted octanol–water partition coefficient (Wildman–Crippen LogP) is 4.23. The Bertz CT molecular complexity index is 1050. The Morgan fingerprint density at radius 1 is 1.06 bits per heavy atom. The monoisotopic (exact) mass is 462 g/mol. The van der Waals surface area contributed by atoms with E-state index in [0.29, 0.717) is 25.7 Å². The molecule has 4 rings (SSSR count). The lowest BCUT2D eigenvalue weighted by Gasteiger charge is -2.25. The minimum atomic E-state index is -0.870. The van der Waals surface area contributed by atoms with E-state index in [1.807, 2.05) is 37.3 Å². The van der Waals surface area contributed by atoms with E-state index in [-0.39, 0.29) is 24.5 Å². The molecule has 34 heavy (non-hydrogen) atoms. The van der Waals surface area contributed by atoms with Crippen molar-refractivity contribution in [2.45, 2.75) is 50.6 Å². The largest absolute Gasteiger partial charge is 0.481 e. The van der Waals surface area contributed by atoms with Crippen molar-refractivity contribution in [3.63, 3.8) is 0 Å². The van der Waals surface area contributed by atoms with Gasteiger partial charge in [-0.25, -0.2) is 4.79 Å². The molecule has 0 heterocycles. The molecular weight excluding hydrogens is 432 g/mol. The lowest BCUT2D eigenvalue weighted by molar-refractivity contribution is -0.142. The molecule has 0 aromatic heterocycles. The van der Waals surface area contributed by atoms with Gasteiger partial charge in [0.15, 0.2) is 0 Å². The minimum Gasteiger partial charge on any atom is -0.481 e. The topological polar surface area (TPSA) is 105 Å². The van der Waals surface area contributed by atoms with Crippen LogP contribution >= 0.6 is 0 Å². The van der Waals surface area contributed by atoms with Crippen molar-refractivity contribution in [3.05, 3.63) is 71.8 Å². The molecule has 2 aromatic rings. The molecule has 0 bridgehead atoms. The SMILES string of the molecule is CCC[C@@H](NC(=O)OCC1c2ccccc2-c2ccccc21)C(=O)NC1C=CCC(C(=O)O)C1. The third kappa shape index (κ3) is 5.14. The van der Waals surface area contributed by atoms with Crippen LogP contribution in [0.15, 0.2) is 60.7 Å². The highest BCUT2D eigenvalue weighted by molar-refractivity contribution is 5.86. The minimum absolute atomic E-state index is 0.0584. The number of nitrogens with one attached hydrogen (secondary N) is 2. The molecule has 178 valence electrons. The number of amides is 2. The van der Waals surface area contributed by atoms with Crippen molar-refractivity contribution in [1.29, 1.82) is 0 Å². The van der Waals surface area contributed by atoms with Crippen LogP contribution in [0.25, 0.3) is 11.1 Å². The zero-order chi connectivity index (χ0) is 24.1. The van der Waals surface area contributed by atoms with Gasteiger partial charge in [0, 0.05) is 12.0 Å². The average Bonchev–Trinajstić information content (AvgIpc) is 3.16. The quantitative estimate of drug-likeness (QED) is 0.509. The highest BCUT2D eigenvalue weighted by Crippen LogP contribution is 2.44. The lowest BCUT2D eigenvalue weighted by Crippen LogP contribution is -2.50. The number of rotatable bonds is 8. The van der Waals surface area contributed by atoms with Gasteiger partial charge in [0.1, 0.15) is 12.6 Å². The number of alkyl carbamates (subject to hydrolysis) is 1. The summed E-state index contributed by atoms with van der Waals surface area (Å²) in [7, 11) is 0. The summed E-state index contributed by atoms with van der Waals surface area (Å²) in [5, 5.41) is 14.8. The van der Waals surface area contributed by atoms with E-state index in [2.05, 4.69) is 34.9 Å². The van der Waals surface area contributed by atoms with Crippen LogP contribution in [-0.2, 0) is 14.3 Å². The van der Waals surface area contributed by atoms with Crippen molar-refractivity contribution in [2.75, 3.05) is 6.61 Å². The van der Waals surface area contributed by atoms with Gasteiger partial charge in [-0.3, -0.25) is 9.59 Å². The molecule has 2 aliphatic rings. The fraction of sp³-hybridized carbons (Fsp3) is 0.370. The van der Waals surface area contributed by atoms with Crippen molar-refractivity contribution in [2.24, 2.45) is 5.92 Å². The molecule has 0 radical (unpaired) electrons. The Morgan fingerprint density at radius 2 is 1.71 bits per heavy atom. The van der Waals surface area contributed by atoms with E-state index >= 15 is 0 Å². The molecule has 0 fully saturated rings. The Hall–Kier alpha value is -3.61. The average molecular weight is 463 g/mol. The number of aliphatic carboxylic acids is 1. The summed E-state index contributed by atoms with van der Waals surface area (Å²) in [4.78, 5) is 36.8. The number of hydrogen-bond acceptors (Lipinski definition) is 4. The molecule has 7 heteroatoms. The Kier molecular flexibility index (Phi) is 7.30. The number of fused-ring (bicyclic) bond motifs is 3. The van der Waals surface area contributed by atoms with E-state index < -0.39 is 24.0 Å². The van der Waals surface area contributed by atoms with Crippen LogP contribution in [0.2, 0.25) is 0 Å². The molecular formula is C27H30N2O5. The van der Waals surface area contributed by atoms with Crippen molar-refractivity contribution in [1.82, 2.24) is 10.6 Å². The first kappa shape index (κ1) is 23.5. The standard InChI is InChI=1S/C27H30N2O5/c1-2-8-24(25(30)28-18-10-7-9-17(15-18)26(31)32)29-27(33)34-16-23-21-13-5-3-11-19(21)20-12-4-6-14-22(20)23/h3-7,10-14,17-18,23-24H,2,8-9,15-16H2,1H3,(H,28,30)(H,29,33)(H,31,32)/t17?,18?,24-/m1/s1. The molecule has 3 N–H and O–H groups in total. The highest BCUT2D eigenvalue weighted by atomic mass is 16.5. The highest BCUT2D eigenvalue weighted by Gasteiger charge is 2.30. The van der Waals surface area contributed by atoms with Crippen molar-refractivity contribution in [3.8, 4) is 11.1 Å². The molecule has 2 unspecified atom stereocenters. The van der Waals surface area contributed by atoms with Gasteiger partial charge in [0.05, 0.1) is 5.92 Å². The fourth-order valence-electron chi connectivity index (χ4n) is 4.82. The maximum atomic E-state index is 12.8. The molecule has 2 aromatic carbocycles. The molecule has 2 aliphatic carbocycles. The van der Waals surface area contributed by atoms with E-state index in [1.165, 1.54) is 0 Å². The van der Waals surface area contributed by atoms with Crippen molar-refractivity contribution < 1.29 is 24.2 Å². The number of carboxylic acids is 1. The Labute approximate surface area is 199 Å². The second-order valence-corrected chi connectivity index (χ2v) is 8.86. The number of carbonyl (C=O) groups is 3.